The molecule has 1 fully saturated rings. The summed E-state index contributed by atoms with van der Waals surface area (Å²) in [5.74, 6) is 0.540. The van der Waals surface area contributed by atoms with E-state index in [0.717, 1.165) is 36.1 Å². The second-order valence-corrected chi connectivity index (χ2v) is 13.0. The number of aromatic nitrogens is 2. The van der Waals surface area contributed by atoms with Gasteiger partial charge >= 0.3 is 0 Å². The van der Waals surface area contributed by atoms with Crippen LogP contribution in [-0.2, 0) is 18.3 Å². The van der Waals surface area contributed by atoms with E-state index in [4.69, 9.17) is 4.98 Å². The molecule has 10 heteroatoms. The number of anilines is 3. The SMILES string of the molecule is CCc1cc(C(=O)Nc2cccc(-c3cn(C)c(=O)c(Nc4ccc([C@H]5C(=O)N(C)CCN5C)cc4)n3)c2C)sc1[C@H](C)CC. The number of amides is 2. The zero-order valence-corrected chi connectivity index (χ0v) is 27.9. The Morgan fingerprint density at radius 1 is 1.07 bits per heavy atom. The van der Waals surface area contributed by atoms with E-state index in [1.807, 2.05) is 69.6 Å². The Hall–Kier alpha value is -4.28. The first-order valence-electron chi connectivity index (χ1n) is 15.5. The molecule has 2 amide bonds. The second-order valence-electron chi connectivity index (χ2n) is 11.9. The maximum Gasteiger partial charge on any atom is 0.293 e. The Morgan fingerprint density at radius 2 is 1.80 bits per heavy atom. The molecule has 0 spiro atoms. The van der Waals surface area contributed by atoms with E-state index in [-0.39, 0.29) is 29.2 Å². The number of likely N-dealkylation sites (N-methyl/N-ethyl adjacent to an activating group) is 2. The van der Waals surface area contributed by atoms with Crippen LogP contribution in [0.5, 0.6) is 0 Å². The first kappa shape index (κ1) is 32.1. The van der Waals surface area contributed by atoms with Crippen LogP contribution in [-0.4, -0.2) is 58.4 Å². The first-order valence-corrected chi connectivity index (χ1v) is 16.3. The number of piperazine rings is 1. The van der Waals surface area contributed by atoms with Gasteiger partial charge in [-0.25, -0.2) is 4.98 Å². The lowest BCUT2D eigenvalue weighted by Gasteiger charge is -2.37. The highest BCUT2D eigenvalue weighted by Gasteiger charge is 2.32. The van der Waals surface area contributed by atoms with Gasteiger partial charge in [-0.15, -0.1) is 11.3 Å². The van der Waals surface area contributed by atoms with Gasteiger partial charge in [0.1, 0.15) is 6.04 Å². The van der Waals surface area contributed by atoms with Crippen LogP contribution in [0, 0.1) is 6.92 Å². The van der Waals surface area contributed by atoms with Crippen LogP contribution >= 0.6 is 11.3 Å². The molecule has 2 N–H and O–H groups in total. The maximum absolute atomic E-state index is 13.3. The van der Waals surface area contributed by atoms with Crippen molar-refractivity contribution in [2.24, 2.45) is 7.05 Å². The molecule has 5 rings (SSSR count). The summed E-state index contributed by atoms with van der Waals surface area (Å²) in [4.78, 5) is 49.8. The Bertz CT molecular complexity index is 1780. The second kappa shape index (κ2) is 13.4. The lowest BCUT2D eigenvalue weighted by Crippen LogP contribution is -2.48. The van der Waals surface area contributed by atoms with Crippen molar-refractivity contribution in [3.63, 3.8) is 0 Å². The van der Waals surface area contributed by atoms with Crippen LogP contribution in [0.4, 0.5) is 17.2 Å². The van der Waals surface area contributed by atoms with Gasteiger partial charge in [0.15, 0.2) is 5.82 Å². The van der Waals surface area contributed by atoms with Crippen molar-refractivity contribution in [2.45, 2.75) is 52.5 Å². The average molecular weight is 627 g/mol. The number of aryl methyl sites for hydroxylation is 2. The summed E-state index contributed by atoms with van der Waals surface area (Å²) >= 11 is 1.57. The van der Waals surface area contributed by atoms with E-state index in [1.54, 1.807) is 29.5 Å². The Balaban J connectivity index is 1.39. The van der Waals surface area contributed by atoms with Crippen LogP contribution in [0.25, 0.3) is 11.3 Å². The van der Waals surface area contributed by atoms with E-state index in [1.165, 1.54) is 15.0 Å². The molecule has 4 aromatic rings. The van der Waals surface area contributed by atoms with E-state index >= 15 is 0 Å². The largest absolute Gasteiger partial charge is 0.343 e. The molecule has 0 radical (unpaired) electrons. The van der Waals surface area contributed by atoms with E-state index in [2.05, 4.69) is 36.3 Å². The molecule has 3 heterocycles. The summed E-state index contributed by atoms with van der Waals surface area (Å²) in [6.07, 6.45) is 3.63. The minimum Gasteiger partial charge on any atom is -0.343 e. The number of carbonyl (C=O) groups is 2. The predicted octanol–water partition coefficient (Wildman–Crippen LogP) is 6.33. The Kier molecular flexibility index (Phi) is 9.55. The Labute approximate surface area is 268 Å². The van der Waals surface area contributed by atoms with E-state index in [9.17, 15) is 14.4 Å². The van der Waals surface area contributed by atoms with Gasteiger partial charge in [0.25, 0.3) is 11.5 Å². The highest BCUT2D eigenvalue weighted by Crippen LogP contribution is 2.34. The number of benzene rings is 2. The predicted molar refractivity (Wildman–Crippen MR) is 183 cm³/mol. The standard InChI is InChI=1S/C35H42N6O3S/c1-8-21(3)31-23(9-2)19-29(45-31)33(42)38-27-12-10-11-26(22(27)4)28-20-41(7)35(44)32(37-28)36-25-15-13-24(14-16-25)30-34(43)40(6)18-17-39(30)5/h10-16,19-21,30H,8-9,17-18H2,1-7H3,(H,36,37)(H,38,42)/t21-,30+/m1/s1. The van der Waals surface area contributed by atoms with Gasteiger partial charge in [-0.05, 0) is 73.7 Å². The molecule has 0 aliphatic carbocycles. The lowest BCUT2D eigenvalue weighted by atomic mass is 10.0. The molecule has 2 aromatic carbocycles. The lowest BCUT2D eigenvalue weighted by molar-refractivity contribution is -0.139. The normalized spacial score (nSPS) is 16.1. The smallest absolute Gasteiger partial charge is 0.293 e. The highest BCUT2D eigenvalue weighted by molar-refractivity contribution is 7.14. The monoisotopic (exact) mass is 626 g/mol. The van der Waals surface area contributed by atoms with Crippen molar-refractivity contribution in [3.05, 3.63) is 91.5 Å². The van der Waals surface area contributed by atoms with Gasteiger partial charge in [-0.1, -0.05) is 45.0 Å². The van der Waals surface area contributed by atoms with Crippen molar-refractivity contribution in [1.82, 2.24) is 19.4 Å². The van der Waals surface area contributed by atoms with Crippen molar-refractivity contribution in [3.8, 4) is 11.3 Å². The van der Waals surface area contributed by atoms with Gasteiger partial charge in [-0.2, -0.15) is 0 Å². The van der Waals surface area contributed by atoms with Crippen molar-refractivity contribution >= 4 is 40.3 Å². The van der Waals surface area contributed by atoms with Gasteiger partial charge in [0, 0.05) is 55.2 Å². The summed E-state index contributed by atoms with van der Waals surface area (Å²) in [7, 11) is 5.48. The van der Waals surface area contributed by atoms with E-state index in [0.29, 0.717) is 34.4 Å². The van der Waals surface area contributed by atoms with Crippen LogP contribution in [0.2, 0.25) is 0 Å². The third-order valence-electron chi connectivity index (χ3n) is 8.76. The highest BCUT2D eigenvalue weighted by atomic mass is 32.1. The van der Waals surface area contributed by atoms with Gasteiger partial charge in [0.2, 0.25) is 5.91 Å². The molecular formula is C35H42N6O3S. The number of hydrogen-bond acceptors (Lipinski definition) is 7. The minimum atomic E-state index is -0.335. The van der Waals surface area contributed by atoms with Crippen LogP contribution in [0.1, 0.15) is 70.4 Å². The zero-order chi connectivity index (χ0) is 32.4. The van der Waals surface area contributed by atoms with Crippen molar-refractivity contribution in [2.75, 3.05) is 37.8 Å². The fourth-order valence-electron chi connectivity index (χ4n) is 5.71. The first-order chi connectivity index (χ1) is 21.5. The zero-order valence-electron chi connectivity index (χ0n) is 27.1. The number of nitrogens with zero attached hydrogens (tertiary/aromatic N) is 4. The van der Waals surface area contributed by atoms with E-state index < -0.39 is 0 Å². The molecule has 45 heavy (non-hydrogen) atoms. The molecule has 236 valence electrons. The topological polar surface area (TPSA) is 99.6 Å². The Morgan fingerprint density at radius 3 is 2.49 bits per heavy atom. The molecule has 0 unspecified atom stereocenters. The third kappa shape index (κ3) is 6.57. The average Bonchev–Trinajstić information content (AvgIpc) is 3.48. The summed E-state index contributed by atoms with van der Waals surface area (Å²) in [5.41, 5.74) is 5.52. The van der Waals surface area contributed by atoms with Crippen LogP contribution in [0.3, 0.4) is 0 Å². The number of thiophene rings is 1. The van der Waals surface area contributed by atoms with Gasteiger partial charge < -0.3 is 20.1 Å². The molecule has 0 bridgehead atoms. The number of nitrogens with one attached hydrogen (secondary N) is 2. The van der Waals surface area contributed by atoms with Crippen molar-refractivity contribution < 1.29 is 9.59 Å². The molecule has 1 aliphatic heterocycles. The fraction of sp³-hybridized carbons (Fsp3) is 0.371. The maximum atomic E-state index is 13.3. The summed E-state index contributed by atoms with van der Waals surface area (Å²) < 4.78 is 1.50. The van der Waals surface area contributed by atoms with Crippen LogP contribution < -0.4 is 16.2 Å². The molecule has 0 saturated carbocycles. The minimum absolute atomic E-state index is 0.0680. The molecule has 2 atom stereocenters. The quantitative estimate of drug-likeness (QED) is 0.225. The number of rotatable bonds is 9. The molecule has 1 saturated heterocycles. The van der Waals surface area contributed by atoms with Crippen molar-refractivity contribution in [1.29, 1.82) is 0 Å². The number of carbonyl (C=O) groups excluding carboxylic acids is 2. The van der Waals surface area contributed by atoms with Gasteiger partial charge in [0.05, 0.1) is 10.6 Å². The number of hydrogen-bond donors (Lipinski definition) is 2. The fourth-order valence-corrected chi connectivity index (χ4v) is 6.99. The van der Waals surface area contributed by atoms with Gasteiger partial charge in [-0.3, -0.25) is 19.3 Å². The van der Waals surface area contributed by atoms with Crippen LogP contribution in [0.15, 0.2) is 59.5 Å². The summed E-state index contributed by atoms with van der Waals surface area (Å²) in [6.45, 7) is 9.95. The molecule has 2 aromatic heterocycles. The summed E-state index contributed by atoms with van der Waals surface area (Å²) in [5, 5.41) is 6.29. The molecular weight excluding hydrogens is 584 g/mol. The third-order valence-corrected chi connectivity index (χ3v) is 10.2. The summed E-state index contributed by atoms with van der Waals surface area (Å²) in [6, 6.07) is 14.9. The molecule has 9 nitrogen and oxygen atoms in total. The molecule has 1 aliphatic rings.